The monoisotopic (exact) mass is 308 g/mol. The van der Waals surface area contributed by atoms with Crippen molar-refractivity contribution in [2.24, 2.45) is 0 Å². The van der Waals surface area contributed by atoms with Crippen LogP contribution in [0.4, 0.5) is 0 Å². The zero-order valence-corrected chi connectivity index (χ0v) is 12.9. The first-order valence-corrected chi connectivity index (χ1v) is 6.62. The number of aryl methyl sites for hydroxylation is 2. The Labute approximate surface area is 116 Å². The van der Waals surface area contributed by atoms with Crippen molar-refractivity contribution < 1.29 is 4.74 Å². The highest BCUT2D eigenvalue weighted by Gasteiger charge is 2.17. The minimum absolute atomic E-state index is 0.907. The summed E-state index contributed by atoms with van der Waals surface area (Å²) in [7, 11) is 1.70. The lowest BCUT2D eigenvalue weighted by atomic mass is 9.95. The van der Waals surface area contributed by atoms with Crippen LogP contribution in [-0.4, -0.2) is 17.1 Å². The van der Waals surface area contributed by atoms with Crippen molar-refractivity contribution in [2.45, 2.75) is 27.7 Å². The fourth-order valence-electron chi connectivity index (χ4n) is 2.25. The van der Waals surface area contributed by atoms with Crippen LogP contribution >= 0.6 is 15.9 Å². The van der Waals surface area contributed by atoms with Gasteiger partial charge in [0.1, 0.15) is 21.9 Å². The van der Waals surface area contributed by atoms with E-state index in [1.54, 1.807) is 7.11 Å². The van der Waals surface area contributed by atoms with Gasteiger partial charge in [0.15, 0.2) is 0 Å². The number of benzene rings is 1. The molecule has 0 saturated heterocycles. The molecule has 1 aromatic carbocycles. The highest BCUT2D eigenvalue weighted by molar-refractivity contribution is 9.10. The molecular weight excluding hydrogens is 292 g/mol. The van der Waals surface area contributed by atoms with Gasteiger partial charge in [0.05, 0.1) is 7.11 Å². The van der Waals surface area contributed by atoms with Gasteiger partial charge in [0.2, 0.25) is 0 Å². The number of hydrogen-bond donors (Lipinski definition) is 1. The predicted octanol–water partition coefficient (Wildman–Crippen LogP) is 4.08. The Hall–Kier alpha value is -1.29. The van der Waals surface area contributed by atoms with E-state index in [0.717, 1.165) is 27.4 Å². The van der Waals surface area contributed by atoms with Crippen molar-refractivity contribution >= 4 is 15.9 Å². The van der Waals surface area contributed by atoms with Crippen LogP contribution < -0.4 is 4.74 Å². The molecular formula is C14H17BrN2O. The highest BCUT2D eigenvalue weighted by atomic mass is 79.9. The molecule has 0 unspecified atom stereocenters. The Balaban J connectivity index is 2.72. The average molecular weight is 309 g/mol. The zero-order chi connectivity index (χ0) is 13.4. The van der Waals surface area contributed by atoms with Crippen molar-refractivity contribution in [3.8, 4) is 17.0 Å². The number of rotatable bonds is 2. The van der Waals surface area contributed by atoms with Crippen molar-refractivity contribution in [3.05, 3.63) is 33.2 Å². The molecule has 18 heavy (non-hydrogen) atoms. The van der Waals surface area contributed by atoms with Crippen LogP contribution in [0.15, 0.2) is 10.7 Å². The SMILES string of the molecule is COc1cc(C)c(-c2nc(C)[nH]c2Br)c(C)c1C. The number of nitrogens with zero attached hydrogens (tertiary/aromatic N) is 1. The molecule has 96 valence electrons. The molecule has 0 amide bonds. The first kappa shape index (κ1) is 13.1. The molecule has 0 aliphatic carbocycles. The minimum atomic E-state index is 0.907. The van der Waals surface area contributed by atoms with Crippen LogP contribution in [0.5, 0.6) is 5.75 Å². The van der Waals surface area contributed by atoms with Gasteiger partial charge in [-0.1, -0.05) is 0 Å². The summed E-state index contributed by atoms with van der Waals surface area (Å²) in [6, 6.07) is 2.06. The lowest BCUT2D eigenvalue weighted by molar-refractivity contribution is 0.411. The number of nitrogens with one attached hydrogen (secondary N) is 1. The average Bonchev–Trinajstić information content (AvgIpc) is 2.63. The van der Waals surface area contributed by atoms with E-state index < -0.39 is 0 Å². The molecule has 1 heterocycles. The van der Waals surface area contributed by atoms with Crippen molar-refractivity contribution in [1.29, 1.82) is 0 Å². The molecule has 4 heteroatoms. The van der Waals surface area contributed by atoms with E-state index in [4.69, 9.17) is 4.74 Å². The molecule has 0 radical (unpaired) electrons. The van der Waals surface area contributed by atoms with Crippen LogP contribution in [0.25, 0.3) is 11.3 Å². The summed E-state index contributed by atoms with van der Waals surface area (Å²) in [4.78, 5) is 7.74. The summed E-state index contributed by atoms with van der Waals surface area (Å²) < 4.78 is 6.32. The fraction of sp³-hybridized carbons (Fsp3) is 0.357. The van der Waals surface area contributed by atoms with Gasteiger partial charge in [0.25, 0.3) is 0 Å². The molecule has 0 spiro atoms. The quantitative estimate of drug-likeness (QED) is 0.907. The topological polar surface area (TPSA) is 37.9 Å². The van der Waals surface area contributed by atoms with Gasteiger partial charge in [-0.15, -0.1) is 0 Å². The Morgan fingerprint density at radius 2 is 1.83 bits per heavy atom. The van der Waals surface area contributed by atoms with Crippen molar-refractivity contribution in [3.63, 3.8) is 0 Å². The van der Waals surface area contributed by atoms with Crippen LogP contribution in [0.1, 0.15) is 22.5 Å². The van der Waals surface area contributed by atoms with E-state index in [1.165, 1.54) is 16.7 Å². The third-order valence-corrected chi connectivity index (χ3v) is 3.86. The fourth-order valence-corrected chi connectivity index (χ4v) is 2.82. The Kier molecular flexibility index (Phi) is 3.48. The Morgan fingerprint density at radius 3 is 2.33 bits per heavy atom. The second-order valence-electron chi connectivity index (χ2n) is 4.51. The van der Waals surface area contributed by atoms with E-state index in [2.05, 4.69) is 52.7 Å². The van der Waals surface area contributed by atoms with Crippen LogP contribution in [-0.2, 0) is 0 Å². The van der Waals surface area contributed by atoms with E-state index in [9.17, 15) is 0 Å². The summed E-state index contributed by atoms with van der Waals surface area (Å²) >= 11 is 3.53. The number of imidazole rings is 1. The third kappa shape index (κ3) is 2.05. The second kappa shape index (κ2) is 4.76. The summed E-state index contributed by atoms with van der Waals surface area (Å²) in [5, 5.41) is 0. The summed E-state index contributed by atoms with van der Waals surface area (Å²) in [6.07, 6.45) is 0. The smallest absolute Gasteiger partial charge is 0.122 e. The third-order valence-electron chi connectivity index (χ3n) is 3.28. The molecule has 1 N–H and O–H groups in total. The molecule has 0 fully saturated rings. The molecule has 3 nitrogen and oxygen atoms in total. The molecule has 0 aliphatic heterocycles. The maximum Gasteiger partial charge on any atom is 0.122 e. The minimum Gasteiger partial charge on any atom is -0.496 e. The Bertz CT molecular complexity index is 602. The number of methoxy groups -OCH3 is 1. The summed E-state index contributed by atoms with van der Waals surface area (Å²) in [6.45, 7) is 8.22. The number of aromatic nitrogens is 2. The maximum atomic E-state index is 5.39. The molecule has 0 aliphatic rings. The number of H-pyrrole nitrogens is 1. The maximum absolute atomic E-state index is 5.39. The van der Waals surface area contributed by atoms with Gasteiger partial charge in [-0.2, -0.15) is 0 Å². The lowest BCUT2D eigenvalue weighted by Crippen LogP contribution is -1.97. The molecule has 2 aromatic rings. The van der Waals surface area contributed by atoms with Gasteiger partial charge >= 0.3 is 0 Å². The van der Waals surface area contributed by atoms with Gasteiger partial charge < -0.3 is 9.72 Å². The van der Waals surface area contributed by atoms with E-state index in [-0.39, 0.29) is 0 Å². The molecule has 0 saturated carbocycles. The van der Waals surface area contributed by atoms with Gasteiger partial charge in [0, 0.05) is 5.56 Å². The first-order valence-electron chi connectivity index (χ1n) is 5.83. The molecule has 0 atom stereocenters. The van der Waals surface area contributed by atoms with Crippen LogP contribution in [0.2, 0.25) is 0 Å². The zero-order valence-electron chi connectivity index (χ0n) is 11.3. The van der Waals surface area contributed by atoms with Gasteiger partial charge in [-0.25, -0.2) is 4.98 Å². The number of aromatic amines is 1. The van der Waals surface area contributed by atoms with Crippen LogP contribution in [0, 0.1) is 27.7 Å². The number of hydrogen-bond acceptors (Lipinski definition) is 2. The second-order valence-corrected chi connectivity index (χ2v) is 5.30. The first-order chi connectivity index (χ1) is 8.45. The summed E-state index contributed by atoms with van der Waals surface area (Å²) in [5.41, 5.74) is 5.67. The Morgan fingerprint density at radius 1 is 1.17 bits per heavy atom. The molecule has 1 aromatic heterocycles. The van der Waals surface area contributed by atoms with Gasteiger partial charge in [-0.3, -0.25) is 0 Å². The van der Waals surface area contributed by atoms with Crippen molar-refractivity contribution in [2.75, 3.05) is 7.11 Å². The summed E-state index contributed by atoms with van der Waals surface area (Å²) in [5.74, 6) is 1.83. The lowest BCUT2D eigenvalue weighted by Gasteiger charge is -2.14. The standard InChI is InChI=1S/C14H17BrN2O/c1-7-6-11(18-5)8(2)9(3)12(7)13-14(15)17-10(4)16-13/h6H,1-5H3,(H,16,17). The normalized spacial score (nSPS) is 10.8. The van der Waals surface area contributed by atoms with E-state index >= 15 is 0 Å². The molecule has 0 bridgehead atoms. The number of halogens is 1. The van der Waals surface area contributed by atoms with Crippen molar-refractivity contribution in [1.82, 2.24) is 9.97 Å². The van der Waals surface area contributed by atoms with E-state index in [1.807, 2.05) is 6.92 Å². The predicted molar refractivity (Wildman–Crippen MR) is 77.2 cm³/mol. The van der Waals surface area contributed by atoms with Crippen LogP contribution in [0.3, 0.4) is 0 Å². The molecule has 2 rings (SSSR count). The largest absolute Gasteiger partial charge is 0.496 e. The van der Waals surface area contributed by atoms with Gasteiger partial charge in [-0.05, 0) is 66.4 Å². The highest BCUT2D eigenvalue weighted by Crippen LogP contribution is 2.36. The number of ether oxygens (including phenoxy) is 1. The van der Waals surface area contributed by atoms with E-state index in [0.29, 0.717) is 0 Å².